The minimum absolute atomic E-state index is 0.0299. The van der Waals surface area contributed by atoms with Gasteiger partial charge < -0.3 is 10.4 Å². The summed E-state index contributed by atoms with van der Waals surface area (Å²) in [5.41, 5.74) is 0.887. The number of hydrogen-bond donors (Lipinski definition) is 2. The fourth-order valence-corrected chi connectivity index (χ4v) is 1.93. The van der Waals surface area contributed by atoms with Gasteiger partial charge in [-0.2, -0.15) is 5.10 Å². The molecule has 0 aliphatic rings. The molecule has 0 fully saturated rings. The lowest BCUT2D eigenvalue weighted by molar-refractivity contribution is -0.386. The summed E-state index contributed by atoms with van der Waals surface area (Å²) in [6, 6.07) is 0. The fraction of sp³-hybridized carbons (Fsp3) is 0.750. The molecule has 0 radical (unpaired) electrons. The first kappa shape index (κ1) is 15.6. The summed E-state index contributed by atoms with van der Waals surface area (Å²) in [5, 5.41) is 28.0. The predicted octanol–water partition coefficient (Wildman–Crippen LogP) is 1.01. The predicted molar refractivity (Wildman–Crippen MR) is 72.1 cm³/mol. The van der Waals surface area contributed by atoms with Crippen LogP contribution in [-0.4, -0.2) is 39.0 Å². The zero-order valence-corrected chi connectivity index (χ0v) is 11.9. The van der Waals surface area contributed by atoms with Crippen LogP contribution < -0.4 is 5.32 Å². The van der Waals surface area contributed by atoms with Gasteiger partial charge in [-0.25, -0.2) is 0 Å². The molecular formula is C12H22N4O3. The number of nitrogens with one attached hydrogen (secondary N) is 1. The molecule has 1 aromatic rings. The van der Waals surface area contributed by atoms with Crippen molar-refractivity contribution in [3.63, 3.8) is 0 Å². The van der Waals surface area contributed by atoms with Crippen molar-refractivity contribution >= 4 is 5.69 Å². The Morgan fingerprint density at radius 3 is 2.53 bits per heavy atom. The molecule has 1 atom stereocenters. The minimum atomic E-state index is -0.614. The average molecular weight is 270 g/mol. The Morgan fingerprint density at radius 2 is 2.05 bits per heavy atom. The van der Waals surface area contributed by atoms with Crippen LogP contribution in [0.25, 0.3) is 0 Å². The van der Waals surface area contributed by atoms with Gasteiger partial charge in [0.05, 0.1) is 17.6 Å². The van der Waals surface area contributed by atoms with Gasteiger partial charge >= 0.3 is 5.69 Å². The monoisotopic (exact) mass is 270 g/mol. The van der Waals surface area contributed by atoms with Crippen molar-refractivity contribution in [3.8, 4) is 0 Å². The van der Waals surface area contributed by atoms with Crippen LogP contribution >= 0.6 is 0 Å². The highest BCUT2D eigenvalue weighted by atomic mass is 16.6. The first-order valence-corrected chi connectivity index (χ1v) is 6.40. The van der Waals surface area contributed by atoms with Gasteiger partial charge in [0.25, 0.3) is 0 Å². The maximum atomic E-state index is 10.9. The molecule has 1 unspecified atom stereocenters. The Balaban J connectivity index is 2.62. The van der Waals surface area contributed by atoms with Crippen LogP contribution in [0.5, 0.6) is 0 Å². The Morgan fingerprint density at radius 1 is 1.42 bits per heavy atom. The molecule has 0 bridgehead atoms. The maximum Gasteiger partial charge on any atom is 0.312 e. The SMILES string of the molecule is Cc1nn(CC(O)CNCC(C)C)c(C)c1[N+](=O)[O-]. The molecule has 7 nitrogen and oxygen atoms in total. The Labute approximate surface area is 112 Å². The zero-order chi connectivity index (χ0) is 14.6. The molecular weight excluding hydrogens is 248 g/mol. The van der Waals surface area contributed by atoms with E-state index >= 15 is 0 Å². The van der Waals surface area contributed by atoms with Gasteiger partial charge in [-0.15, -0.1) is 0 Å². The Bertz CT molecular complexity index is 442. The van der Waals surface area contributed by atoms with Crippen LogP contribution in [0.15, 0.2) is 0 Å². The fourth-order valence-electron chi connectivity index (χ4n) is 1.93. The number of nitrogens with zero attached hydrogens (tertiary/aromatic N) is 3. The van der Waals surface area contributed by atoms with Crippen molar-refractivity contribution in [2.24, 2.45) is 5.92 Å². The van der Waals surface area contributed by atoms with E-state index in [2.05, 4.69) is 24.3 Å². The lowest BCUT2D eigenvalue weighted by Gasteiger charge is -2.13. The average Bonchev–Trinajstić information content (AvgIpc) is 2.53. The van der Waals surface area contributed by atoms with Gasteiger partial charge in [-0.1, -0.05) is 13.8 Å². The molecule has 1 rings (SSSR count). The number of aryl methyl sites for hydroxylation is 1. The molecule has 0 amide bonds. The van der Waals surface area contributed by atoms with E-state index in [-0.39, 0.29) is 12.2 Å². The maximum absolute atomic E-state index is 10.9. The minimum Gasteiger partial charge on any atom is -0.390 e. The van der Waals surface area contributed by atoms with E-state index in [1.807, 2.05) is 0 Å². The second-order valence-corrected chi connectivity index (χ2v) is 5.16. The summed E-state index contributed by atoms with van der Waals surface area (Å²) >= 11 is 0. The number of aliphatic hydroxyl groups is 1. The summed E-state index contributed by atoms with van der Waals surface area (Å²) in [5.74, 6) is 0.516. The highest BCUT2D eigenvalue weighted by Gasteiger charge is 2.22. The number of nitro groups is 1. The van der Waals surface area contributed by atoms with Gasteiger partial charge in [-0.3, -0.25) is 14.8 Å². The van der Waals surface area contributed by atoms with Crippen molar-refractivity contribution in [2.75, 3.05) is 13.1 Å². The summed E-state index contributed by atoms with van der Waals surface area (Å²) in [7, 11) is 0. The molecule has 0 saturated carbocycles. The van der Waals surface area contributed by atoms with Crippen molar-refractivity contribution in [3.05, 3.63) is 21.5 Å². The van der Waals surface area contributed by atoms with E-state index in [0.717, 1.165) is 6.54 Å². The third-order valence-corrected chi connectivity index (χ3v) is 2.84. The molecule has 7 heteroatoms. The van der Waals surface area contributed by atoms with Crippen LogP contribution in [0.3, 0.4) is 0 Å². The van der Waals surface area contributed by atoms with Gasteiger partial charge in [0.1, 0.15) is 11.4 Å². The Hall–Kier alpha value is -1.47. The van der Waals surface area contributed by atoms with E-state index < -0.39 is 11.0 Å². The van der Waals surface area contributed by atoms with Gasteiger partial charge in [0, 0.05) is 6.54 Å². The van der Waals surface area contributed by atoms with Crippen LogP contribution in [-0.2, 0) is 6.54 Å². The van der Waals surface area contributed by atoms with Crippen LogP contribution in [0, 0.1) is 29.9 Å². The van der Waals surface area contributed by atoms with Crippen molar-refractivity contribution < 1.29 is 10.0 Å². The largest absolute Gasteiger partial charge is 0.390 e. The highest BCUT2D eigenvalue weighted by Crippen LogP contribution is 2.21. The van der Waals surface area contributed by atoms with E-state index in [9.17, 15) is 15.2 Å². The smallest absolute Gasteiger partial charge is 0.312 e. The summed E-state index contributed by atoms with van der Waals surface area (Å²) in [6.07, 6.45) is -0.614. The molecule has 0 aliphatic heterocycles. The standard InChI is InChI=1S/C12H22N4O3/c1-8(2)5-13-6-11(17)7-15-10(4)12(16(18)19)9(3)14-15/h8,11,13,17H,5-7H2,1-4H3. The first-order chi connectivity index (χ1) is 8.82. The van der Waals surface area contributed by atoms with E-state index in [4.69, 9.17) is 0 Å². The number of aromatic nitrogens is 2. The van der Waals surface area contributed by atoms with Crippen LogP contribution in [0.1, 0.15) is 25.2 Å². The molecule has 2 N–H and O–H groups in total. The number of aliphatic hydroxyl groups excluding tert-OH is 1. The number of rotatable bonds is 7. The third-order valence-electron chi connectivity index (χ3n) is 2.84. The Kier molecular flexibility index (Phi) is 5.44. The summed E-state index contributed by atoms with van der Waals surface area (Å²) < 4.78 is 1.50. The van der Waals surface area contributed by atoms with E-state index in [1.165, 1.54) is 4.68 Å². The topological polar surface area (TPSA) is 93.2 Å². The van der Waals surface area contributed by atoms with Gasteiger partial charge in [-0.05, 0) is 26.3 Å². The van der Waals surface area contributed by atoms with Crippen LogP contribution in [0.4, 0.5) is 5.69 Å². The molecule has 0 saturated heterocycles. The lowest BCUT2D eigenvalue weighted by Crippen LogP contribution is -2.32. The van der Waals surface area contributed by atoms with Gasteiger partial charge in [0.2, 0.25) is 0 Å². The van der Waals surface area contributed by atoms with E-state index in [0.29, 0.717) is 23.9 Å². The lowest BCUT2D eigenvalue weighted by atomic mass is 10.2. The first-order valence-electron chi connectivity index (χ1n) is 6.40. The quantitative estimate of drug-likeness (QED) is 0.570. The molecule has 0 aliphatic carbocycles. The number of hydrogen-bond acceptors (Lipinski definition) is 5. The summed E-state index contributed by atoms with van der Waals surface area (Å²) in [6.45, 7) is 8.95. The second kappa shape index (κ2) is 6.63. The van der Waals surface area contributed by atoms with E-state index in [1.54, 1.807) is 13.8 Å². The molecule has 19 heavy (non-hydrogen) atoms. The molecule has 0 spiro atoms. The van der Waals surface area contributed by atoms with Crippen molar-refractivity contribution in [2.45, 2.75) is 40.3 Å². The zero-order valence-electron chi connectivity index (χ0n) is 11.9. The van der Waals surface area contributed by atoms with Crippen molar-refractivity contribution in [1.29, 1.82) is 0 Å². The molecule has 108 valence electrons. The normalized spacial score (nSPS) is 12.9. The summed E-state index contributed by atoms with van der Waals surface area (Å²) in [4.78, 5) is 10.4. The second-order valence-electron chi connectivity index (χ2n) is 5.16. The molecule has 1 aromatic heterocycles. The molecule has 0 aromatic carbocycles. The van der Waals surface area contributed by atoms with Crippen molar-refractivity contribution in [1.82, 2.24) is 15.1 Å². The highest BCUT2D eigenvalue weighted by molar-refractivity contribution is 5.39. The van der Waals surface area contributed by atoms with Gasteiger partial charge in [0.15, 0.2) is 0 Å². The van der Waals surface area contributed by atoms with Crippen LogP contribution in [0.2, 0.25) is 0 Å². The third kappa shape index (κ3) is 4.29. The molecule has 1 heterocycles.